The molecule has 10 rings (SSSR count). The molecule has 0 fully saturated rings. The molecule has 1 aliphatic carbocycles. The lowest BCUT2D eigenvalue weighted by Gasteiger charge is -2.45. The van der Waals surface area contributed by atoms with Crippen molar-refractivity contribution < 1.29 is 9.47 Å². The molecule has 0 spiro atoms. The van der Waals surface area contributed by atoms with Crippen molar-refractivity contribution in [1.82, 2.24) is 9.55 Å². The molecule has 0 bridgehead atoms. The number of aromatic nitrogens is 2. The smallest absolute Gasteiger partial charge is 0.217 e. The Morgan fingerprint density at radius 2 is 1.30 bits per heavy atom. The summed E-state index contributed by atoms with van der Waals surface area (Å²) < 4.78 is 17.0. The lowest BCUT2D eigenvalue weighted by atomic mass is 9.66. The molecule has 0 N–H and O–H groups in total. The van der Waals surface area contributed by atoms with Gasteiger partial charge in [-0.2, -0.15) is 0 Å². The maximum absolute atomic E-state index is 7.40. The van der Waals surface area contributed by atoms with Crippen LogP contribution in [-0.2, 0) is 27.5 Å². The zero-order chi connectivity index (χ0) is 45.1. The third kappa shape index (κ3) is 5.87. The summed E-state index contributed by atoms with van der Waals surface area (Å²) in [6, 6.07) is 27.6. The summed E-state index contributed by atoms with van der Waals surface area (Å²) in [5.74, 6) is 2.23. The Hall–Kier alpha value is -5.68. The standard InChI is InChI=1S/C58H63N3O2/c1-31-17-36(6)50(37(7)18-31)38-23-39(53-60-57(16)45-21-34(4)33(3)20-40(45)29-58(57,63-53)55(11,12)13)25-42(24-38)62-49-28-48-46(22-35(49)5)56(14,15)47-27-41(54(8,9)10)26-43-44-19-32(2)30-59-52(44)61(48)51(43)47/h17-28,30H,29H2,1-16H3/t57-,58-/m1/s1. The van der Waals surface area contributed by atoms with Crippen molar-refractivity contribution in [3.8, 4) is 28.3 Å². The summed E-state index contributed by atoms with van der Waals surface area (Å²) in [7, 11) is 0. The van der Waals surface area contributed by atoms with E-state index < -0.39 is 11.1 Å². The van der Waals surface area contributed by atoms with E-state index in [-0.39, 0.29) is 16.2 Å². The predicted molar refractivity (Wildman–Crippen MR) is 262 cm³/mol. The molecule has 63 heavy (non-hydrogen) atoms. The van der Waals surface area contributed by atoms with Gasteiger partial charge in [-0.1, -0.05) is 91.3 Å². The van der Waals surface area contributed by atoms with E-state index in [0.717, 1.165) is 51.5 Å². The molecule has 3 aliphatic rings. The summed E-state index contributed by atoms with van der Waals surface area (Å²) in [6.45, 7) is 36.2. The van der Waals surface area contributed by atoms with E-state index >= 15 is 0 Å². The first-order valence-electron chi connectivity index (χ1n) is 22.8. The third-order valence-electron chi connectivity index (χ3n) is 15.2. The van der Waals surface area contributed by atoms with Gasteiger partial charge in [0.05, 0.1) is 11.2 Å². The number of benzene rings is 5. The SMILES string of the molecule is Cc1cc(C)c(-c2cc(Oc3cc4c(cc3C)C(C)(C)c3cc(C(C)(C)C)cc5c6cc(C)cnc6n-4c35)cc(C3=N[C@]4(C)c5cc(C)c(C)cc5C[C@]4(C(C)(C)C)O3)c2)c(C)c1. The van der Waals surface area contributed by atoms with Gasteiger partial charge in [0.25, 0.3) is 0 Å². The molecule has 0 amide bonds. The molecular formula is C58H63N3O2. The van der Waals surface area contributed by atoms with E-state index in [4.69, 9.17) is 19.5 Å². The van der Waals surface area contributed by atoms with Crippen molar-refractivity contribution in [2.75, 3.05) is 0 Å². The summed E-state index contributed by atoms with van der Waals surface area (Å²) in [6.07, 6.45) is 2.80. The number of hydrogen-bond donors (Lipinski definition) is 0. The highest BCUT2D eigenvalue weighted by molar-refractivity contribution is 6.11. The predicted octanol–water partition coefficient (Wildman–Crippen LogP) is 14.8. The van der Waals surface area contributed by atoms with Gasteiger partial charge in [0.1, 0.15) is 28.3 Å². The summed E-state index contributed by atoms with van der Waals surface area (Å²) in [4.78, 5) is 10.8. The van der Waals surface area contributed by atoms with E-state index in [0.29, 0.717) is 5.90 Å². The van der Waals surface area contributed by atoms with Gasteiger partial charge in [0.15, 0.2) is 0 Å². The molecule has 2 atom stereocenters. The Kier molecular flexibility index (Phi) is 8.65. The Morgan fingerprint density at radius 1 is 0.635 bits per heavy atom. The number of ether oxygens (including phenoxy) is 2. The number of hydrogen-bond acceptors (Lipinski definition) is 4. The summed E-state index contributed by atoms with van der Waals surface area (Å²) in [5.41, 5.74) is 20.0. The second-order valence-electron chi connectivity index (χ2n) is 22.2. The summed E-state index contributed by atoms with van der Waals surface area (Å²) in [5, 5.41) is 2.44. The highest BCUT2D eigenvalue weighted by Crippen LogP contribution is 2.61. The van der Waals surface area contributed by atoms with Crippen LogP contribution >= 0.6 is 0 Å². The molecular weight excluding hydrogens is 771 g/mol. The first-order chi connectivity index (χ1) is 29.4. The Balaban J connectivity index is 1.17. The van der Waals surface area contributed by atoms with E-state index in [9.17, 15) is 0 Å². The Bertz CT molecular complexity index is 3160. The fourth-order valence-corrected chi connectivity index (χ4v) is 11.7. The normalized spacial score (nSPS) is 19.8. The van der Waals surface area contributed by atoms with Gasteiger partial charge in [-0.05, 0) is 170 Å². The molecule has 2 aliphatic heterocycles. The Morgan fingerprint density at radius 3 is 1.98 bits per heavy atom. The van der Waals surface area contributed by atoms with Gasteiger partial charge in [-0.25, -0.2) is 9.98 Å². The first kappa shape index (κ1) is 41.3. The van der Waals surface area contributed by atoms with Crippen LogP contribution in [0.3, 0.4) is 0 Å². The maximum Gasteiger partial charge on any atom is 0.217 e. The van der Waals surface area contributed by atoms with Crippen molar-refractivity contribution in [3.05, 3.63) is 151 Å². The maximum atomic E-state index is 7.40. The van der Waals surface area contributed by atoms with E-state index in [1.54, 1.807) is 0 Å². The topological polar surface area (TPSA) is 48.6 Å². The van der Waals surface area contributed by atoms with Crippen molar-refractivity contribution in [1.29, 1.82) is 0 Å². The number of pyridine rings is 1. The average molecular weight is 834 g/mol. The number of aliphatic imine (C=N–C) groups is 1. The Labute approximate surface area is 374 Å². The van der Waals surface area contributed by atoms with Crippen LogP contribution in [-0.4, -0.2) is 21.0 Å². The number of rotatable bonds is 4. The van der Waals surface area contributed by atoms with Crippen LogP contribution in [0.25, 0.3) is 38.8 Å². The highest BCUT2D eigenvalue weighted by Gasteiger charge is 2.66. The van der Waals surface area contributed by atoms with Crippen LogP contribution < -0.4 is 4.74 Å². The second kappa shape index (κ2) is 13.2. The van der Waals surface area contributed by atoms with Crippen LogP contribution in [0.5, 0.6) is 11.5 Å². The zero-order valence-electron chi connectivity index (χ0n) is 40.4. The lowest BCUT2D eigenvalue weighted by Crippen LogP contribution is -2.54. The summed E-state index contributed by atoms with van der Waals surface area (Å²) >= 11 is 0. The molecule has 5 heteroatoms. The first-order valence-corrected chi connectivity index (χ1v) is 22.8. The molecule has 0 unspecified atom stereocenters. The fraction of sp³-hybridized carbons (Fsp3) is 0.379. The molecule has 0 saturated carbocycles. The van der Waals surface area contributed by atoms with E-state index in [2.05, 4.69) is 188 Å². The van der Waals surface area contributed by atoms with Crippen LogP contribution in [0.2, 0.25) is 0 Å². The van der Waals surface area contributed by atoms with Gasteiger partial charge < -0.3 is 9.47 Å². The average Bonchev–Trinajstić information content (AvgIpc) is 3.75. The molecule has 5 nitrogen and oxygen atoms in total. The third-order valence-corrected chi connectivity index (χ3v) is 15.2. The van der Waals surface area contributed by atoms with Gasteiger partial charge in [0, 0.05) is 45.8 Å². The van der Waals surface area contributed by atoms with Gasteiger partial charge in [0.2, 0.25) is 5.90 Å². The van der Waals surface area contributed by atoms with Crippen LogP contribution in [0.15, 0.2) is 84.0 Å². The number of aryl methyl sites for hydroxylation is 7. The van der Waals surface area contributed by atoms with Crippen molar-refractivity contribution in [2.24, 2.45) is 10.4 Å². The number of nitrogens with zero attached hydrogens (tertiary/aromatic N) is 3. The quantitative estimate of drug-likeness (QED) is 0.177. The van der Waals surface area contributed by atoms with Gasteiger partial charge >= 0.3 is 0 Å². The van der Waals surface area contributed by atoms with Crippen LogP contribution in [0.4, 0.5) is 0 Å². The van der Waals surface area contributed by atoms with Crippen molar-refractivity contribution in [3.63, 3.8) is 0 Å². The van der Waals surface area contributed by atoms with E-state index in [1.165, 1.54) is 77.5 Å². The lowest BCUT2D eigenvalue weighted by molar-refractivity contribution is -0.0673. The minimum Gasteiger partial charge on any atom is -0.467 e. The minimum absolute atomic E-state index is 0.00895. The molecule has 2 aromatic heterocycles. The molecule has 322 valence electrons. The van der Waals surface area contributed by atoms with Crippen LogP contribution in [0.1, 0.15) is 135 Å². The number of fused-ring (bicyclic) bond motifs is 8. The molecule has 4 heterocycles. The molecule has 7 aromatic rings. The molecule has 0 radical (unpaired) electrons. The highest BCUT2D eigenvalue weighted by atomic mass is 16.5. The van der Waals surface area contributed by atoms with Gasteiger partial charge in [-0.15, -0.1) is 0 Å². The second-order valence-corrected chi connectivity index (χ2v) is 22.2. The van der Waals surface area contributed by atoms with Gasteiger partial charge in [-0.3, -0.25) is 4.57 Å². The molecule has 5 aromatic carbocycles. The van der Waals surface area contributed by atoms with Crippen LogP contribution in [0, 0.1) is 53.9 Å². The largest absolute Gasteiger partial charge is 0.467 e. The minimum atomic E-state index is -0.565. The monoisotopic (exact) mass is 833 g/mol. The molecule has 0 saturated heterocycles. The zero-order valence-corrected chi connectivity index (χ0v) is 40.4. The van der Waals surface area contributed by atoms with Crippen molar-refractivity contribution in [2.45, 2.75) is 139 Å². The van der Waals surface area contributed by atoms with E-state index in [1.807, 2.05) is 6.20 Å². The fourth-order valence-electron chi connectivity index (χ4n) is 11.7. The van der Waals surface area contributed by atoms with Crippen molar-refractivity contribution >= 4 is 27.8 Å².